The minimum absolute atomic E-state index is 0. The smallest absolute Gasteiger partial charge is 0.336 e. The first-order valence-electron chi connectivity index (χ1n) is 9.48. The van der Waals surface area contributed by atoms with Crippen molar-refractivity contribution in [2.24, 2.45) is 11.5 Å². The third-order valence-electron chi connectivity index (χ3n) is 5.89. The van der Waals surface area contributed by atoms with Crippen LogP contribution in [-0.4, -0.2) is 34.0 Å². The predicted molar refractivity (Wildman–Crippen MR) is 126 cm³/mol. The van der Waals surface area contributed by atoms with Crippen LogP contribution in [0.15, 0.2) is 48.5 Å². The molecule has 5 aromatic carbocycles. The Kier molecular flexibility index (Phi) is 4.83. The van der Waals surface area contributed by atoms with Gasteiger partial charge in [0.05, 0.1) is 11.1 Å². The van der Waals surface area contributed by atoms with E-state index in [-0.39, 0.29) is 40.0 Å². The maximum Gasteiger partial charge on any atom is 0.336 e. The van der Waals surface area contributed by atoms with Gasteiger partial charge in [-0.25, -0.2) is 9.59 Å². The third kappa shape index (κ3) is 2.85. The molecule has 0 heterocycles. The standard InChI is InChI=1S/C24H14N2O6.ClH/c25-21(27)13-5-1-9-11-3-7-15(23(29)30)20-16(24(31)32)8-4-12(18(11)20)10-2-6-14(22(26)28)19(13)17(9)10;/h1-8H,(H2,25,27)(H2,26,28)(H,29,30)(H,31,32);1H. The van der Waals surface area contributed by atoms with E-state index >= 15 is 0 Å². The van der Waals surface area contributed by atoms with Gasteiger partial charge >= 0.3 is 11.9 Å². The number of carbonyl (C=O) groups is 4. The lowest BCUT2D eigenvalue weighted by Gasteiger charge is -2.18. The molecule has 2 amide bonds. The molecule has 0 saturated carbocycles. The molecular formula is C24H15ClN2O6. The minimum Gasteiger partial charge on any atom is -0.478 e. The molecule has 0 unspecified atom stereocenters. The number of hydrogen-bond donors (Lipinski definition) is 4. The Hall–Kier alpha value is -4.43. The van der Waals surface area contributed by atoms with E-state index in [1.165, 1.54) is 24.3 Å². The van der Waals surface area contributed by atoms with Crippen LogP contribution in [0, 0.1) is 0 Å². The number of carbonyl (C=O) groups excluding carboxylic acids is 2. The highest BCUT2D eigenvalue weighted by molar-refractivity contribution is 6.38. The molecule has 0 radical (unpaired) electrons. The summed E-state index contributed by atoms with van der Waals surface area (Å²) < 4.78 is 0. The number of fused-ring (bicyclic) bond motifs is 2. The average molecular weight is 463 g/mol. The van der Waals surface area contributed by atoms with Crippen LogP contribution >= 0.6 is 12.4 Å². The second-order valence-electron chi connectivity index (χ2n) is 7.48. The normalized spacial score (nSPS) is 11.2. The Bertz CT molecular complexity index is 1450. The summed E-state index contributed by atoms with van der Waals surface area (Å²) in [5, 5.41) is 23.3. The van der Waals surface area contributed by atoms with E-state index in [4.69, 9.17) is 11.5 Å². The van der Waals surface area contributed by atoms with Gasteiger partial charge in [0.25, 0.3) is 0 Å². The molecule has 0 fully saturated rings. The summed E-state index contributed by atoms with van der Waals surface area (Å²) in [5.74, 6) is -3.95. The summed E-state index contributed by atoms with van der Waals surface area (Å²) in [4.78, 5) is 48.1. The Morgan fingerprint density at radius 3 is 1.03 bits per heavy atom. The molecule has 6 N–H and O–H groups in total. The van der Waals surface area contributed by atoms with Crippen molar-refractivity contribution < 1.29 is 29.4 Å². The van der Waals surface area contributed by atoms with Gasteiger partial charge in [-0.2, -0.15) is 0 Å². The summed E-state index contributed by atoms with van der Waals surface area (Å²) >= 11 is 0. The van der Waals surface area contributed by atoms with Crippen LogP contribution in [0.4, 0.5) is 0 Å². The third-order valence-corrected chi connectivity index (χ3v) is 5.89. The molecule has 5 aromatic rings. The van der Waals surface area contributed by atoms with Gasteiger partial charge in [-0.15, -0.1) is 12.4 Å². The number of nitrogens with two attached hydrogens (primary N) is 2. The SMILES string of the molecule is Cl.NC(=O)c1ccc2c3ccc(C(=O)O)c4c(C(=O)O)ccc(c5ccc(C(N)=O)c1c25)c43. The zero-order chi connectivity index (χ0) is 22.9. The van der Waals surface area contributed by atoms with Crippen LogP contribution in [-0.2, 0) is 0 Å². The summed E-state index contributed by atoms with van der Waals surface area (Å²) in [6.07, 6.45) is 0. The van der Waals surface area contributed by atoms with Gasteiger partial charge in [0.1, 0.15) is 0 Å². The molecule has 0 atom stereocenters. The van der Waals surface area contributed by atoms with Crippen LogP contribution < -0.4 is 11.5 Å². The van der Waals surface area contributed by atoms with E-state index < -0.39 is 23.8 Å². The molecule has 0 spiro atoms. The molecule has 5 rings (SSSR count). The van der Waals surface area contributed by atoms with Crippen molar-refractivity contribution in [1.82, 2.24) is 0 Å². The summed E-state index contributed by atoms with van der Waals surface area (Å²) in [6.45, 7) is 0. The van der Waals surface area contributed by atoms with Crippen molar-refractivity contribution in [2.75, 3.05) is 0 Å². The number of amides is 2. The fraction of sp³-hybridized carbons (Fsp3) is 0. The largest absolute Gasteiger partial charge is 0.478 e. The summed E-state index contributed by atoms with van der Waals surface area (Å²) in [7, 11) is 0. The molecule has 8 nitrogen and oxygen atoms in total. The molecule has 0 aliphatic rings. The van der Waals surface area contributed by atoms with E-state index in [0.717, 1.165) is 0 Å². The van der Waals surface area contributed by atoms with E-state index in [0.29, 0.717) is 37.7 Å². The first-order valence-corrected chi connectivity index (χ1v) is 9.48. The fourth-order valence-corrected chi connectivity index (χ4v) is 4.66. The van der Waals surface area contributed by atoms with Gasteiger partial charge < -0.3 is 21.7 Å². The van der Waals surface area contributed by atoms with Gasteiger partial charge in [0.2, 0.25) is 11.8 Å². The lowest BCUT2D eigenvalue weighted by atomic mass is 9.84. The molecule has 33 heavy (non-hydrogen) atoms. The number of primary amides is 2. The highest BCUT2D eigenvalue weighted by Gasteiger charge is 2.24. The average Bonchev–Trinajstić information content (AvgIpc) is 2.75. The number of halogens is 1. The van der Waals surface area contributed by atoms with E-state index in [2.05, 4.69) is 0 Å². The maximum absolute atomic E-state index is 12.1. The van der Waals surface area contributed by atoms with E-state index in [9.17, 15) is 29.4 Å². The van der Waals surface area contributed by atoms with Crippen LogP contribution in [0.25, 0.3) is 43.1 Å². The first-order chi connectivity index (χ1) is 15.2. The van der Waals surface area contributed by atoms with Crippen molar-refractivity contribution in [3.05, 3.63) is 70.8 Å². The first kappa shape index (κ1) is 21.8. The predicted octanol–water partition coefficient (Wildman–Crippen LogP) is 3.75. The minimum atomic E-state index is -1.25. The lowest BCUT2D eigenvalue weighted by Crippen LogP contribution is -2.16. The van der Waals surface area contributed by atoms with Crippen LogP contribution in [0.3, 0.4) is 0 Å². The van der Waals surface area contributed by atoms with Crippen molar-refractivity contribution in [3.63, 3.8) is 0 Å². The molecule has 0 saturated heterocycles. The summed E-state index contributed by atoms with van der Waals surface area (Å²) in [5.41, 5.74) is 11.1. The second-order valence-corrected chi connectivity index (χ2v) is 7.48. The zero-order valence-electron chi connectivity index (χ0n) is 16.7. The number of rotatable bonds is 4. The quantitative estimate of drug-likeness (QED) is 0.235. The van der Waals surface area contributed by atoms with E-state index in [1.54, 1.807) is 24.3 Å². The van der Waals surface area contributed by atoms with Gasteiger partial charge in [0.15, 0.2) is 0 Å². The second kappa shape index (κ2) is 7.32. The maximum atomic E-state index is 12.1. The number of carboxylic acids is 2. The number of benzene rings is 5. The highest BCUT2D eigenvalue weighted by Crippen LogP contribution is 2.43. The van der Waals surface area contributed by atoms with Crippen LogP contribution in [0.5, 0.6) is 0 Å². The number of aromatic carboxylic acids is 2. The molecule has 0 bridgehead atoms. The van der Waals surface area contributed by atoms with Gasteiger partial charge in [0, 0.05) is 21.9 Å². The Balaban J connectivity index is 0.00000259. The molecule has 0 aliphatic carbocycles. The van der Waals surface area contributed by atoms with Crippen molar-refractivity contribution >= 4 is 79.2 Å². The van der Waals surface area contributed by atoms with Crippen LogP contribution in [0.1, 0.15) is 41.4 Å². The summed E-state index contributed by atoms with van der Waals surface area (Å²) in [6, 6.07) is 12.2. The van der Waals surface area contributed by atoms with Crippen molar-refractivity contribution in [3.8, 4) is 0 Å². The van der Waals surface area contributed by atoms with Gasteiger partial charge in [-0.3, -0.25) is 9.59 Å². The Morgan fingerprint density at radius 2 is 0.758 bits per heavy atom. The Labute approximate surface area is 191 Å². The van der Waals surface area contributed by atoms with Gasteiger partial charge in [-0.05, 0) is 56.6 Å². The molecule has 164 valence electrons. The Morgan fingerprint density at radius 1 is 0.485 bits per heavy atom. The number of carboxylic acid groups (broad SMARTS) is 2. The highest BCUT2D eigenvalue weighted by atomic mass is 35.5. The molecule has 0 aromatic heterocycles. The zero-order valence-corrected chi connectivity index (χ0v) is 17.5. The van der Waals surface area contributed by atoms with Crippen LogP contribution in [0.2, 0.25) is 0 Å². The van der Waals surface area contributed by atoms with Crippen molar-refractivity contribution in [1.29, 1.82) is 0 Å². The number of hydrogen-bond acceptors (Lipinski definition) is 4. The monoisotopic (exact) mass is 462 g/mol. The topological polar surface area (TPSA) is 161 Å². The van der Waals surface area contributed by atoms with E-state index in [1.807, 2.05) is 0 Å². The molecular weight excluding hydrogens is 448 g/mol. The molecule has 0 aliphatic heterocycles. The van der Waals surface area contributed by atoms with Crippen molar-refractivity contribution in [2.45, 2.75) is 0 Å². The van der Waals surface area contributed by atoms with Gasteiger partial charge in [-0.1, -0.05) is 24.3 Å². The molecule has 9 heteroatoms. The lowest BCUT2D eigenvalue weighted by molar-refractivity contribution is 0.0695. The fourth-order valence-electron chi connectivity index (χ4n) is 4.66.